The average molecular weight is 354 g/mol. The van der Waals surface area contributed by atoms with Gasteiger partial charge in [-0.3, -0.25) is 0 Å². The molecule has 1 aliphatic heterocycles. The standard InChI is InChI=1S/C19H20BFN2O3/c1-18(2)19(3,4)26-20(25-18)13-7-5-11(9-14(13)21)17-23-15-10-12(22)6-8-16(15)24-17/h5-10H,22H2,1-4H3. The fraction of sp³-hybridized carbons (Fsp3) is 0.316. The van der Waals surface area contributed by atoms with Crippen LogP contribution in [0.15, 0.2) is 40.8 Å². The molecule has 1 aliphatic rings. The lowest BCUT2D eigenvalue weighted by atomic mass is 9.78. The highest BCUT2D eigenvalue weighted by molar-refractivity contribution is 6.62. The Morgan fingerprint density at radius 3 is 2.35 bits per heavy atom. The molecule has 0 aliphatic carbocycles. The van der Waals surface area contributed by atoms with Crippen LogP contribution in [-0.4, -0.2) is 23.3 Å². The molecule has 1 fully saturated rings. The number of halogens is 1. The lowest BCUT2D eigenvalue weighted by molar-refractivity contribution is 0.00578. The predicted octanol–water partition coefficient (Wildman–Crippen LogP) is 3.52. The SMILES string of the molecule is CC1(C)OB(c2ccc(-c3nc4cc(N)ccc4o3)cc2F)OC1(C)C. The van der Waals surface area contributed by atoms with E-state index in [1.54, 1.807) is 30.3 Å². The Morgan fingerprint density at radius 1 is 1.00 bits per heavy atom. The van der Waals surface area contributed by atoms with Gasteiger partial charge < -0.3 is 19.5 Å². The quantitative estimate of drug-likeness (QED) is 0.563. The molecule has 0 saturated carbocycles. The minimum absolute atomic E-state index is 0.338. The van der Waals surface area contributed by atoms with E-state index in [9.17, 15) is 4.39 Å². The Morgan fingerprint density at radius 2 is 1.69 bits per heavy atom. The van der Waals surface area contributed by atoms with Gasteiger partial charge in [-0.05, 0) is 58.0 Å². The van der Waals surface area contributed by atoms with Crippen LogP contribution in [0, 0.1) is 5.82 Å². The lowest BCUT2D eigenvalue weighted by Gasteiger charge is -2.32. The number of oxazole rings is 1. The molecule has 0 radical (unpaired) electrons. The fourth-order valence-electron chi connectivity index (χ4n) is 2.89. The van der Waals surface area contributed by atoms with Crippen molar-refractivity contribution in [2.24, 2.45) is 0 Å². The molecule has 2 N–H and O–H groups in total. The van der Waals surface area contributed by atoms with Gasteiger partial charge in [-0.15, -0.1) is 0 Å². The molecule has 0 atom stereocenters. The van der Waals surface area contributed by atoms with Gasteiger partial charge in [-0.1, -0.05) is 6.07 Å². The Balaban J connectivity index is 1.68. The molecule has 2 aromatic carbocycles. The molecule has 134 valence electrons. The van der Waals surface area contributed by atoms with Crippen LogP contribution in [0.5, 0.6) is 0 Å². The van der Waals surface area contributed by atoms with Gasteiger partial charge in [0.2, 0.25) is 5.89 Å². The van der Waals surface area contributed by atoms with Crippen LogP contribution in [0.1, 0.15) is 27.7 Å². The number of hydrogen-bond donors (Lipinski definition) is 1. The number of fused-ring (bicyclic) bond motifs is 1. The van der Waals surface area contributed by atoms with E-state index in [2.05, 4.69) is 4.98 Å². The third-order valence-corrected chi connectivity index (χ3v) is 5.17. The van der Waals surface area contributed by atoms with Crippen molar-refractivity contribution in [3.8, 4) is 11.5 Å². The van der Waals surface area contributed by atoms with Gasteiger partial charge in [-0.2, -0.15) is 0 Å². The van der Waals surface area contributed by atoms with Crippen LogP contribution < -0.4 is 11.2 Å². The first-order chi connectivity index (χ1) is 12.2. The zero-order chi connectivity index (χ0) is 18.7. The van der Waals surface area contributed by atoms with Crippen molar-refractivity contribution in [2.45, 2.75) is 38.9 Å². The van der Waals surface area contributed by atoms with Crippen LogP contribution in [0.25, 0.3) is 22.6 Å². The molecule has 4 rings (SSSR count). The third-order valence-electron chi connectivity index (χ3n) is 5.17. The molecule has 1 saturated heterocycles. The fourth-order valence-corrected chi connectivity index (χ4v) is 2.89. The van der Waals surface area contributed by atoms with E-state index in [4.69, 9.17) is 19.5 Å². The summed E-state index contributed by atoms with van der Waals surface area (Å²) in [4.78, 5) is 4.38. The van der Waals surface area contributed by atoms with Crippen molar-refractivity contribution in [1.82, 2.24) is 4.98 Å². The summed E-state index contributed by atoms with van der Waals surface area (Å²) >= 11 is 0. The summed E-state index contributed by atoms with van der Waals surface area (Å²) < 4.78 is 32.3. The average Bonchev–Trinajstić information content (AvgIpc) is 3.05. The molecule has 3 aromatic rings. The van der Waals surface area contributed by atoms with Gasteiger partial charge in [0.1, 0.15) is 11.3 Å². The number of hydrogen-bond acceptors (Lipinski definition) is 5. The summed E-state index contributed by atoms with van der Waals surface area (Å²) in [5.74, 6) is -0.0901. The number of nitrogens with zero attached hydrogens (tertiary/aromatic N) is 1. The number of nitrogens with two attached hydrogens (primary N) is 1. The molecule has 0 spiro atoms. The zero-order valence-corrected chi connectivity index (χ0v) is 15.2. The van der Waals surface area contributed by atoms with E-state index >= 15 is 0 Å². The Hall–Kier alpha value is -2.38. The van der Waals surface area contributed by atoms with Gasteiger partial charge in [-0.25, -0.2) is 9.37 Å². The van der Waals surface area contributed by atoms with E-state index in [1.807, 2.05) is 27.7 Å². The molecule has 26 heavy (non-hydrogen) atoms. The molecule has 0 bridgehead atoms. The molecule has 1 aromatic heterocycles. The van der Waals surface area contributed by atoms with E-state index in [0.717, 1.165) is 0 Å². The first kappa shape index (κ1) is 17.1. The van der Waals surface area contributed by atoms with Crippen LogP contribution in [0.4, 0.5) is 10.1 Å². The van der Waals surface area contributed by atoms with Gasteiger partial charge in [0.05, 0.1) is 11.2 Å². The van der Waals surface area contributed by atoms with Crippen LogP contribution in [0.2, 0.25) is 0 Å². The van der Waals surface area contributed by atoms with Crippen LogP contribution in [-0.2, 0) is 9.31 Å². The van der Waals surface area contributed by atoms with E-state index < -0.39 is 24.1 Å². The van der Waals surface area contributed by atoms with Crippen molar-refractivity contribution in [2.75, 3.05) is 5.73 Å². The second-order valence-electron chi connectivity index (χ2n) is 7.57. The monoisotopic (exact) mass is 354 g/mol. The lowest BCUT2D eigenvalue weighted by Crippen LogP contribution is -2.41. The Kier molecular flexibility index (Phi) is 3.65. The molecular weight excluding hydrogens is 334 g/mol. The van der Waals surface area contributed by atoms with Crippen molar-refractivity contribution < 1.29 is 18.1 Å². The topological polar surface area (TPSA) is 70.5 Å². The van der Waals surface area contributed by atoms with Crippen molar-refractivity contribution >= 4 is 29.4 Å². The maximum Gasteiger partial charge on any atom is 0.497 e. The summed E-state index contributed by atoms with van der Waals surface area (Å²) in [7, 11) is -0.752. The van der Waals surface area contributed by atoms with E-state index in [-0.39, 0.29) is 0 Å². The Labute approximate surface area is 151 Å². The highest BCUT2D eigenvalue weighted by atomic mass is 19.1. The number of rotatable bonds is 2. The normalized spacial score (nSPS) is 18.6. The second kappa shape index (κ2) is 5.56. The van der Waals surface area contributed by atoms with E-state index in [1.165, 1.54) is 6.07 Å². The number of anilines is 1. The molecule has 2 heterocycles. The number of aromatic nitrogens is 1. The van der Waals surface area contributed by atoms with Crippen molar-refractivity contribution in [3.05, 3.63) is 42.2 Å². The maximum atomic E-state index is 14.8. The van der Waals surface area contributed by atoms with Crippen molar-refractivity contribution in [3.63, 3.8) is 0 Å². The minimum Gasteiger partial charge on any atom is -0.436 e. The van der Waals surface area contributed by atoms with Gasteiger partial charge in [0.25, 0.3) is 0 Å². The summed E-state index contributed by atoms with van der Waals surface area (Å²) in [5, 5.41) is 0. The smallest absolute Gasteiger partial charge is 0.436 e. The van der Waals surface area contributed by atoms with Gasteiger partial charge >= 0.3 is 7.12 Å². The highest BCUT2D eigenvalue weighted by Gasteiger charge is 2.52. The molecule has 0 amide bonds. The second-order valence-corrected chi connectivity index (χ2v) is 7.57. The summed E-state index contributed by atoms with van der Waals surface area (Å²) in [6.45, 7) is 7.74. The molecule has 5 nitrogen and oxygen atoms in total. The highest BCUT2D eigenvalue weighted by Crippen LogP contribution is 2.37. The molecular formula is C19H20BFN2O3. The molecule has 0 unspecified atom stereocenters. The summed E-state index contributed by atoms with van der Waals surface area (Å²) in [6.07, 6.45) is 0. The van der Waals surface area contributed by atoms with Crippen molar-refractivity contribution in [1.29, 1.82) is 0 Å². The summed E-state index contributed by atoms with van der Waals surface area (Å²) in [6, 6.07) is 9.98. The van der Waals surface area contributed by atoms with Crippen LogP contribution >= 0.6 is 0 Å². The number of nitrogen functional groups attached to an aromatic ring is 1. The van der Waals surface area contributed by atoms with Crippen LogP contribution in [0.3, 0.4) is 0 Å². The third kappa shape index (κ3) is 2.68. The first-order valence-electron chi connectivity index (χ1n) is 8.48. The predicted molar refractivity (Wildman–Crippen MR) is 99.5 cm³/mol. The minimum atomic E-state index is -0.752. The number of benzene rings is 2. The summed E-state index contributed by atoms with van der Waals surface area (Å²) in [5.41, 5.74) is 7.44. The van der Waals surface area contributed by atoms with Gasteiger partial charge in [0.15, 0.2) is 5.58 Å². The van der Waals surface area contributed by atoms with Gasteiger partial charge in [0, 0.05) is 16.7 Å². The molecule has 7 heteroatoms. The Bertz CT molecular complexity index is 984. The zero-order valence-electron chi connectivity index (χ0n) is 15.2. The largest absolute Gasteiger partial charge is 0.497 e. The first-order valence-corrected chi connectivity index (χ1v) is 8.48. The van der Waals surface area contributed by atoms with E-state index in [0.29, 0.717) is 33.7 Å². The maximum absolute atomic E-state index is 14.8.